The van der Waals surface area contributed by atoms with E-state index in [1.165, 1.54) is 12.8 Å². The fraction of sp³-hybridized carbons (Fsp3) is 0.538. The Morgan fingerprint density at radius 2 is 2.00 bits per heavy atom. The quantitative estimate of drug-likeness (QED) is 0.653. The van der Waals surface area contributed by atoms with Crippen LogP contribution in [0.1, 0.15) is 30.9 Å². The molecule has 2 N–H and O–H groups in total. The Bertz CT molecular complexity index is 473. The number of nitro groups is 1. The van der Waals surface area contributed by atoms with Crippen LogP contribution in [0.25, 0.3) is 0 Å². The lowest BCUT2D eigenvalue weighted by atomic mass is 9.99. The van der Waals surface area contributed by atoms with Crippen LogP contribution < -0.4 is 5.73 Å². The summed E-state index contributed by atoms with van der Waals surface area (Å²) in [7, 11) is 0. The number of likely N-dealkylation sites (tertiary alicyclic amines) is 1. The van der Waals surface area contributed by atoms with Gasteiger partial charge in [-0.15, -0.1) is 0 Å². The third kappa shape index (κ3) is 1.89. The zero-order valence-corrected chi connectivity index (χ0v) is 10.2. The number of hydrogen-bond acceptors (Lipinski definition) is 4. The summed E-state index contributed by atoms with van der Waals surface area (Å²) in [5.74, 6) is 0. The van der Waals surface area contributed by atoms with Gasteiger partial charge in [0.15, 0.2) is 0 Å². The van der Waals surface area contributed by atoms with E-state index in [9.17, 15) is 10.1 Å². The number of rotatable bonds is 3. The molecule has 1 aromatic carbocycles. The maximum Gasteiger partial charge on any atom is 0.274 e. The molecule has 2 unspecified atom stereocenters. The summed E-state index contributed by atoms with van der Waals surface area (Å²) < 4.78 is 0. The summed E-state index contributed by atoms with van der Waals surface area (Å²) in [6, 6.07) is 7.60. The van der Waals surface area contributed by atoms with Gasteiger partial charge in [0.05, 0.1) is 11.0 Å². The SMILES string of the molecule is NC1CCN(C2CC2)C1c1ccccc1[N+](=O)[O-]. The largest absolute Gasteiger partial charge is 0.326 e. The minimum Gasteiger partial charge on any atom is -0.326 e. The maximum absolute atomic E-state index is 11.1. The van der Waals surface area contributed by atoms with Crippen molar-refractivity contribution in [1.82, 2.24) is 4.90 Å². The van der Waals surface area contributed by atoms with E-state index in [0.717, 1.165) is 18.5 Å². The highest BCUT2D eigenvalue weighted by Gasteiger charge is 2.43. The molecule has 1 saturated heterocycles. The Labute approximate surface area is 106 Å². The van der Waals surface area contributed by atoms with Crippen LogP contribution in [-0.2, 0) is 0 Å². The number of nitro benzene ring substituents is 1. The number of nitrogens with two attached hydrogens (primary N) is 1. The fourth-order valence-corrected chi connectivity index (χ4v) is 2.97. The molecule has 18 heavy (non-hydrogen) atoms. The predicted molar refractivity (Wildman–Crippen MR) is 68.2 cm³/mol. The van der Waals surface area contributed by atoms with E-state index in [4.69, 9.17) is 5.73 Å². The third-order valence-electron chi connectivity index (χ3n) is 3.95. The first-order valence-corrected chi connectivity index (χ1v) is 6.43. The van der Waals surface area contributed by atoms with Gasteiger partial charge >= 0.3 is 0 Å². The average molecular weight is 247 g/mol. The molecule has 1 aliphatic carbocycles. The number of benzene rings is 1. The smallest absolute Gasteiger partial charge is 0.274 e. The van der Waals surface area contributed by atoms with Crippen molar-refractivity contribution in [3.05, 3.63) is 39.9 Å². The fourth-order valence-electron chi connectivity index (χ4n) is 2.97. The highest BCUT2D eigenvalue weighted by atomic mass is 16.6. The van der Waals surface area contributed by atoms with E-state index >= 15 is 0 Å². The molecular weight excluding hydrogens is 230 g/mol. The Morgan fingerprint density at radius 1 is 1.28 bits per heavy atom. The maximum atomic E-state index is 11.1. The molecule has 96 valence electrons. The second kappa shape index (κ2) is 4.33. The molecule has 5 heteroatoms. The molecule has 0 radical (unpaired) electrons. The van der Waals surface area contributed by atoms with Crippen molar-refractivity contribution >= 4 is 5.69 Å². The highest BCUT2D eigenvalue weighted by Crippen LogP contribution is 2.42. The summed E-state index contributed by atoms with van der Waals surface area (Å²) in [4.78, 5) is 13.2. The molecule has 3 rings (SSSR count). The summed E-state index contributed by atoms with van der Waals surface area (Å²) in [5, 5.41) is 11.1. The lowest BCUT2D eigenvalue weighted by molar-refractivity contribution is -0.386. The van der Waals surface area contributed by atoms with Crippen LogP contribution in [0.3, 0.4) is 0 Å². The second-order valence-corrected chi connectivity index (χ2v) is 5.18. The van der Waals surface area contributed by atoms with Gasteiger partial charge in [-0.25, -0.2) is 0 Å². The predicted octanol–water partition coefficient (Wildman–Crippen LogP) is 1.83. The van der Waals surface area contributed by atoms with Crippen molar-refractivity contribution in [2.45, 2.75) is 37.4 Å². The van der Waals surface area contributed by atoms with Crippen LogP contribution in [0.15, 0.2) is 24.3 Å². The molecular formula is C13H17N3O2. The Kier molecular flexibility index (Phi) is 2.80. The van der Waals surface area contributed by atoms with E-state index in [1.54, 1.807) is 12.1 Å². The van der Waals surface area contributed by atoms with Gasteiger partial charge in [-0.05, 0) is 19.3 Å². The van der Waals surface area contributed by atoms with Gasteiger partial charge in [0.25, 0.3) is 5.69 Å². The van der Waals surface area contributed by atoms with Crippen molar-refractivity contribution in [3.63, 3.8) is 0 Å². The Morgan fingerprint density at radius 3 is 2.67 bits per heavy atom. The molecule has 1 aliphatic heterocycles. The van der Waals surface area contributed by atoms with Gasteiger partial charge in [0.2, 0.25) is 0 Å². The van der Waals surface area contributed by atoms with Crippen LogP contribution >= 0.6 is 0 Å². The minimum atomic E-state index is -0.300. The van der Waals surface area contributed by atoms with Crippen LogP contribution in [-0.4, -0.2) is 28.5 Å². The first-order chi connectivity index (χ1) is 8.68. The van der Waals surface area contributed by atoms with Gasteiger partial charge in [0.1, 0.15) is 0 Å². The molecule has 2 aliphatic rings. The summed E-state index contributed by atoms with van der Waals surface area (Å²) in [5.41, 5.74) is 7.15. The molecule has 0 spiro atoms. The summed E-state index contributed by atoms with van der Waals surface area (Å²) in [6.45, 7) is 0.961. The lowest BCUT2D eigenvalue weighted by Gasteiger charge is -2.26. The monoisotopic (exact) mass is 247 g/mol. The first-order valence-electron chi connectivity index (χ1n) is 6.43. The van der Waals surface area contributed by atoms with Crippen molar-refractivity contribution in [2.75, 3.05) is 6.54 Å². The van der Waals surface area contributed by atoms with E-state index in [2.05, 4.69) is 4.90 Å². The topological polar surface area (TPSA) is 72.4 Å². The molecule has 1 aromatic rings. The number of nitrogens with zero attached hydrogens (tertiary/aromatic N) is 2. The average Bonchev–Trinajstić information content (AvgIpc) is 3.13. The van der Waals surface area contributed by atoms with Gasteiger partial charge in [-0.3, -0.25) is 15.0 Å². The molecule has 0 bridgehead atoms. The number of hydrogen-bond donors (Lipinski definition) is 1. The molecule has 0 amide bonds. The second-order valence-electron chi connectivity index (χ2n) is 5.18. The van der Waals surface area contributed by atoms with Crippen molar-refractivity contribution in [3.8, 4) is 0 Å². The van der Waals surface area contributed by atoms with Crippen LogP contribution in [0.4, 0.5) is 5.69 Å². The van der Waals surface area contributed by atoms with Crippen LogP contribution in [0, 0.1) is 10.1 Å². The summed E-state index contributed by atoms with van der Waals surface area (Å²) >= 11 is 0. The van der Waals surface area contributed by atoms with Crippen LogP contribution in [0.5, 0.6) is 0 Å². The first kappa shape index (κ1) is 11.6. The van der Waals surface area contributed by atoms with Gasteiger partial charge in [0, 0.05) is 30.3 Å². The molecule has 5 nitrogen and oxygen atoms in total. The van der Waals surface area contributed by atoms with E-state index in [1.807, 2.05) is 12.1 Å². The van der Waals surface area contributed by atoms with Gasteiger partial charge < -0.3 is 5.73 Å². The highest BCUT2D eigenvalue weighted by molar-refractivity contribution is 5.43. The third-order valence-corrected chi connectivity index (χ3v) is 3.95. The molecule has 0 aromatic heterocycles. The molecule has 2 fully saturated rings. The van der Waals surface area contributed by atoms with Crippen molar-refractivity contribution < 1.29 is 4.92 Å². The standard InChI is InChI=1S/C13H17N3O2/c14-11-7-8-15(9-5-6-9)13(11)10-3-1-2-4-12(10)16(17)18/h1-4,9,11,13H,5-8,14H2. The molecule has 1 heterocycles. The molecule has 1 saturated carbocycles. The van der Waals surface area contributed by atoms with Gasteiger partial charge in [-0.2, -0.15) is 0 Å². The van der Waals surface area contributed by atoms with E-state index < -0.39 is 0 Å². The minimum absolute atomic E-state index is 0.00620. The summed E-state index contributed by atoms with van der Waals surface area (Å²) in [6.07, 6.45) is 3.32. The van der Waals surface area contributed by atoms with Crippen LogP contribution in [0.2, 0.25) is 0 Å². The van der Waals surface area contributed by atoms with Gasteiger partial charge in [-0.1, -0.05) is 18.2 Å². The van der Waals surface area contributed by atoms with Crippen molar-refractivity contribution in [2.24, 2.45) is 5.73 Å². The van der Waals surface area contributed by atoms with E-state index in [-0.39, 0.29) is 22.7 Å². The van der Waals surface area contributed by atoms with E-state index in [0.29, 0.717) is 6.04 Å². The Balaban J connectivity index is 1.99. The normalized spacial score (nSPS) is 28.5. The zero-order chi connectivity index (χ0) is 12.7. The zero-order valence-electron chi connectivity index (χ0n) is 10.2. The molecule has 2 atom stereocenters. The number of para-hydroxylation sites is 1. The Hall–Kier alpha value is -1.46. The lowest BCUT2D eigenvalue weighted by Crippen LogP contribution is -2.33. The van der Waals surface area contributed by atoms with Crippen molar-refractivity contribution in [1.29, 1.82) is 0 Å².